The third-order valence-corrected chi connectivity index (χ3v) is 7.10. The molecule has 0 bridgehead atoms. The van der Waals surface area contributed by atoms with E-state index in [2.05, 4.69) is 4.85 Å². The Hall–Kier alpha value is -2.69. The predicted octanol–water partition coefficient (Wildman–Crippen LogP) is 3.99. The molecule has 0 N–H and O–H groups in total. The first-order valence-corrected chi connectivity index (χ1v) is 10.9. The third kappa shape index (κ3) is 2.86. The lowest BCUT2D eigenvalue weighted by Gasteiger charge is -2.37. The van der Waals surface area contributed by atoms with Crippen molar-refractivity contribution in [2.24, 2.45) is 0 Å². The Balaban J connectivity index is 1.32. The molecular formula is C22H21N3O3S. The second-order valence-electron chi connectivity index (χ2n) is 7.85. The first-order chi connectivity index (χ1) is 14.1. The van der Waals surface area contributed by atoms with Crippen LogP contribution in [0.1, 0.15) is 47.6 Å². The van der Waals surface area contributed by atoms with Crippen LogP contribution in [0.3, 0.4) is 0 Å². The third-order valence-electron chi connectivity index (χ3n) is 6.35. The molecule has 7 heteroatoms. The molecule has 4 heterocycles. The molecule has 5 rings (SSSR count). The first kappa shape index (κ1) is 18.3. The average molecular weight is 407 g/mol. The van der Waals surface area contributed by atoms with E-state index < -0.39 is 5.60 Å². The summed E-state index contributed by atoms with van der Waals surface area (Å²) in [4.78, 5) is 33.5. The minimum Gasteiger partial charge on any atom is -0.342 e. The smallest absolute Gasteiger partial charge is 0.257 e. The summed E-state index contributed by atoms with van der Waals surface area (Å²) in [5.74, 6) is 0.0307. The molecule has 1 spiro atoms. The molecule has 2 atom stereocenters. The van der Waals surface area contributed by atoms with Crippen molar-refractivity contribution in [2.45, 2.75) is 43.6 Å². The van der Waals surface area contributed by atoms with Crippen molar-refractivity contribution in [2.75, 3.05) is 13.1 Å². The predicted molar refractivity (Wildman–Crippen MR) is 109 cm³/mol. The van der Waals surface area contributed by atoms with Gasteiger partial charge in [0.1, 0.15) is 6.23 Å². The van der Waals surface area contributed by atoms with Crippen molar-refractivity contribution in [3.8, 4) is 0 Å². The van der Waals surface area contributed by atoms with Gasteiger partial charge >= 0.3 is 0 Å². The number of hydrogen-bond donors (Lipinski definition) is 0. The molecule has 29 heavy (non-hydrogen) atoms. The Bertz CT molecular complexity index is 988. The molecule has 0 unspecified atom stereocenters. The highest BCUT2D eigenvalue weighted by molar-refractivity contribution is 7.08. The first-order valence-electron chi connectivity index (χ1n) is 9.91. The van der Waals surface area contributed by atoms with Gasteiger partial charge in [0.05, 0.1) is 12.6 Å². The Labute approximate surface area is 173 Å². The highest BCUT2D eigenvalue weighted by atomic mass is 32.1. The summed E-state index contributed by atoms with van der Waals surface area (Å²) < 4.78 is 6.33. The second kappa shape index (κ2) is 6.97. The lowest BCUT2D eigenvalue weighted by Crippen LogP contribution is -2.51. The van der Waals surface area contributed by atoms with Gasteiger partial charge in [-0.05, 0) is 41.3 Å². The van der Waals surface area contributed by atoms with E-state index in [1.165, 1.54) is 11.3 Å². The molecule has 2 amide bonds. The van der Waals surface area contributed by atoms with E-state index in [0.717, 1.165) is 18.4 Å². The van der Waals surface area contributed by atoms with Gasteiger partial charge in [0, 0.05) is 31.5 Å². The summed E-state index contributed by atoms with van der Waals surface area (Å²) in [5.41, 5.74) is 1.42. The molecule has 3 saturated heterocycles. The van der Waals surface area contributed by atoms with Gasteiger partial charge in [0.15, 0.2) is 5.60 Å². The van der Waals surface area contributed by atoms with E-state index in [1.54, 1.807) is 0 Å². The molecule has 2 aromatic rings. The highest BCUT2D eigenvalue weighted by Crippen LogP contribution is 2.49. The Kier molecular flexibility index (Phi) is 4.41. The number of nitrogens with zero attached hydrogens (tertiary/aromatic N) is 3. The monoisotopic (exact) mass is 407 g/mol. The molecule has 3 aliphatic heterocycles. The van der Waals surface area contributed by atoms with E-state index in [1.807, 2.05) is 50.9 Å². The Morgan fingerprint density at radius 1 is 1.17 bits per heavy atom. The minimum atomic E-state index is -0.828. The number of rotatable bonds is 2. The van der Waals surface area contributed by atoms with Crippen LogP contribution in [-0.4, -0.2) is 46.5 Å². The van der Waals surface area contributed by atoms with Crippen molar-refractivity contribution >= 4 is 28.8 Å². The molecule has 1 aromatic heterocycles. The fourth-order valence-electron chi connectivity index (χ4n) is 4.83. The molecule has 1 aromatic carbocycles. The van der Waals surface area contributed by atoms with Gasteiger partial charge in [-0.1, -0.05) is 18.2 Å². The topological polar surface area (TPSA) is 54.2 Å². The van der Waals surface area contributed by atoms with Crippen molar-refractivity contribution in [3.63, 3.8) is 0 Å². The molecular weight excluding hydrogens is 386 g/mol. The van der Waals surface area contributed by atoms with Gasteiger partial charge in [-0.3, -0.25) is 9.59 Å². The molecule has 0 aliphatic carbocycles. The molecule has 148 valence electrons. The fourth-order valence-corrected chi connectivity index (χ4v) is 5.64. The van der Waals surface area contributed by atoms with Crippen LogP contribution in [-0.2, 0) is 9.53 Å². The number of benzene rings is 1. The summed E-state index contributed by atoms with van der Waals surface area (Å²) in [7, 11) is 0. The van der Waals surface area contributed by atoms with Gasteiger partial charge < -0.3 is 14.5 Å². The van der Waals surface area contributed by atoms with Crippen LogP contribution in [0, 0.1) is 6.57 Å². The number of hydrogen-bond acceptors (Lipinski definition) is 4. The summed E-state index contributed by atoms with van der Waals surface area (Å²) in [6.45, 7) is 8.41. The Morgan fingerprint density at radius 2 is 1.93 bits per heavy atom. The largest absolute Gasteiger partial charge is 0.342 e. The van der Waals surface area contributed by atoms with Crippen molar-refractivity contribution < 1.29 is 14.3 Å². The maximum Gasteiger partial charge on any atom is 0.257 e. The van der Waals surface area contributed by atoms with Gasteiger partial charge in [0.25, 0.3) is 11.8 Å². The number of thiophene rings is 1. The molecule has 3 aliphatic rings. The average Bonchev–Trinajstić information content (AvgIpc) is 3.45. The van der Waals surface area contributed by atoms with Crippen LogP contribution >= 0.6 is 11.3 Å². The quantitative estimate of drug-likeness (QED) is 0.708. The minimum absolute atomic E-state index is 0.00393. The number of amides is 2. The van der Waals surface area contributed by atoms with Crippen LogP contribution in [0.4, 0.5) is 5.69 Å². The Morgan fingerprint density at radius 3 is 2.66 bits per heavy atom. The van der Waals surface area contributed by atoms with Crippen LogP contribution < -0.4 is 0 Å². The summed E-state index contributed by atoms with van der Waals surface area (Å²) >= 11 is 1.50. The van der Waals surface area contributed by atoms with Crippen LogP contribution in [0.5, 0.6) is 0 Å². The summed E-state index contributed by atoms with van der Waals surface area (Å²) in [6.07, 6.45) is 2.43. The van der Waals surface area contributed by atoms with E-state index in [4.69, 9.17) is 11.3 Å². The van der Waals surface area contributed by atoms with Gasteiger partial charge in [-0.15, -0.1) is 0 Å². The van der Waals surface area contributed by atoms with Crippen molar-refractivity contribution in [3.05, 3.63) is 63.6 Å². The number of carbonyl (C=O) groups excluding carboxylic acids is 2. The second-order valence-corrected chi connectivity index (χ2v) is 8.60. The number of likely N-dealkylation sites (tertiary alicyclic amines) is 1. The van der Waals surface area contributed by atoms with E-state index in [9.17, 15) is 9.59 Å². The molecule has 6 nitrogen and oxygen atoms in total. The number of fused-ring (bicyclic) bond motifs is 1. The van der Waals surface area contributed by atoms with Crippen LogP contribution in [0.2, 0.25) is 0 Å². The summed E-state index contributed by atoms with van der Waals surface area (Å²) in [5, 5.41) is 3.83. The van der Waals surface area contributed by atoms with E-state index >= 15 is 0 Å². The number of carbonyl (C=O) groups is 2. The van der Waals surface area contributed by atoms with Crippen molar-refractivity contribution in [1.82, 2.24) is 9.80 Å². The fraction of sp³-hybridized carbons (Fsp3) is 0.409. The van der Waals surface area contributed by atoms with Gasteiger partial charge in [0.2, 0.25) is 5.69 Å². The zero-order valence-electron chi connectivity index (χ0n) is 15.9. The molecule has 0 radical (unpaired) electrons. The zero-order chi connectivity index (χ0) is 20.0. The van der Waals surface area contributed by atoms with Gasteiger partial charge in [-0.25, -0.2) is 4.85 Å². The number of ether oxygens (including phenoxy) is 1. The van der Waals surface area contributed by atoms with Gasteiger partial charge in [-0.2, -0.15) is 11.3 Å². The lowest BCUT2D eigenvalue weighted by molar-refractivity contribution is -0.142. The standard InChI is InChI=1S/C22H21N3O3S/c1-23-17-14-29-13-16(17)18-7-8-19-25(18)21(27)22(28-19)9-11-24(12-10-22)20(26)15-5-3-2-4-6-15/h2-6,13-14,18-19H,7-12H2/t18-,19+/m0/s1. The van der Waals surface area contributed by atoms with E-state index in [0.29, 0.717) is 37.2 Å². The number of piperidine rings is 1. The van der Waals surface area contributed by atoms with Crippen LogP contribution in [0.15, 0.2) is 41.1 Å². The SMILES string of the molecule is [C-]#[N+]c1cscc1[C@@H]1CC[C@H]2OC3(CCN(C(=O)c4ccccc4)CC3)C(=O)N21. The highest BCUT2D eigenvalue weighted by Gasteiger charge is 2.58. The maximum absolute atomic E-state index is 13.4. The maximum atomic E-state index is 13.4. The molecule has 0 saturated carbocycles. The van der Waals surface area contributed by atoms with Crippen molar-refractivity contribution in [1.29, 1.82) is 0 Å². The lowest BCUT2D eigenvalue weighted by atomic mass is 9.89. The summed E-state index contributed by atoms with van der Waals surface area (Å²) in [6, 6.07) is 9.17. The molecule has 3 fully saturated rings. The normalized spacial score (nSPS) is 25.3. The van der Waals surface area contributed by atoms with Crippen LogP contribution in [0.25, 0.3) is 4.85 Å². The van der Waals surface area contributed by atoms with E-state index in [-0.39, 0.29) is 24.1 Å². The zero-order valence-corrected chi connectivity index (χ0v) is 16.7.